The number of aliphatic hydroxyl groups is 1. The van der Waals surface area contributed by atoms with E-state index in [1.165, 1.54) is 0 Å². The van der Waals surface area contributed by atoms with Crippen LogP contribution in [-0.4, -0.2) is 54.1 Å². The van der Waals surface area contributed by atoms with E-state index in [1.54, 1.807) is 37.3 Å². The van der Waals surface area contributed by atoms with Crippen LogP contribution in [-0.2, 0) is 16.0 Å². The van der Waals surface area contributed by atoms with Crippen LogP contribution >= 0.6 is 0 Å². The van der Waals surface area contributed by atoms with E-state index in [9.17, 15) is 19.5 Å². The van der Waals surface area contributed by atoms with Crippen molar-refractivity contribution in [2.45, 2.75) is 31.5 Å². The predicted molar refractivity (Wildman–Crippen MR) is 131 cm³/mol. The Morgan fingerprint density at radius 2 is 1.56 bits per heavy atom. The van der Waals surface area contributed by atoms with Crippen LogP contribution in [0.25, 0.3) is 10.8 Å². The molecule has 0 aliphatic heterocycles. The van der Waals surface area contributed by atoms with Crippen LogP contribution in [0.4, 0.5) is 0 Å². The van der Waals surface area contributed by atoms with Gasteiger partial charge in [0.05, 0.1) is 6.10 Å². The molecule has 3 amide bonds. The summed E-state index contributed by atoms with van der Waals surface area (Å²) in [6, 6.07) is 20.5. The van der Waals surface area contributed by atoms with E-state index in [0.717, 1.165) is 16.3 Å². The third-order valence-corrected chi connectivity index (χ3v) is 5.45. The number of aliphatic hydroxyl groups excluding tert-OH is 1. The van der Waals surface area contributed by atoms with Gasteiger partial charge in [0.1, 0.15) is 12.1 Å². The summed E-state index contributed by atoms with van der Waals surface area (Å²) in [5.74, 6) is -1.33. The van der Waals surface area contributed by atoms with Crippen molar-refractivity contribution in [3.63, 3.8) is 0 Å². The van der Waals surface area contributed by atoms with Gasteiger partial charge in [0.15, 0.2) is 0 Å². The molecule has 0 bridgehead atoms. The Morgan fingerprint density at radius 3 is 2.26 bits per heavy atom. The number of nitrogens with two attached hydrogens (primary N) is 1. The second kappa shape index (κ2) is 11.9. The summed E-state index contributed by atoms with van der Waals surface area (Å²) in [7, 11) is 0. The van der Waals surface area contributed by atoms with Gasteiger partial charge in [-0.25, -0.2) is 0 Å². The molecular formula is C26H30N4O4. The fourth-order valence-electron chi connectivity index (χ4n) is 3.47. The second-order valence-corrected chi connectivity index (χ2v) is 8.14. The summed E-state index contributed by atoms with van der Waals surface area (Å²) in [6.45, 7) is 1.53. The molecule has 0 aliphatic rings. The van der Waals surface area contributed by atoms with Crippen LogP contribution in [0.3, 0.4) is 0 Å². The minimum absolute atomic E-state index is 0.00450. The van der Waals surface area contributed by atoms with Crippen LogP contribution in [0.15, 0.2) is 72.8 Å². The molecule has 0 aliphatic carbocycles. The summed E-state index contributed by atoms with van der Waals surface area (Å²) >= 11 is 0. The highest BCUT2D eigenvalue weighted by Gasteiger charge is 2.25. The SMILES string of the molecule is C[C@H](NC(=O)c1ccccc1)C(=O)NC(Cc1ccc2ccccc2c1)C(=O)NCC(O)CN. The molecule has 0 radical (unpaired) electrons. The van der Waals surface area contributed by atoms with Crippen LogP contribution in [0.1, 0.15) is 22.8 Å². The Morgan fingerprint density at radius 1 is 0.882 bits per heavy atom. The van der Waals surface area contributed by atoms with Crippen molar-refractivity contribution in [3.8, 4) is 0 Å². The van der Waals surface area contributed by atoms with Crippen LogP contribution in [0.2, 0.25) is 0 Å². The molecule has 0 aromatic heterocycles. The van der Waals surface area contributed by atoms with Crippen LogP contribution < -0.4 is 21.7 Å². The number of hydrogen-bond acceptors (Lipinski definition) is 5. The lowest BCUT2D eigenvalue weighted by Gasteiger charge is -2.22. The van der Waals surface area contributed by atoms with Gasteiger partial charge in [0.2, 0.25) is 11.8 Å². The summed E-state index contributed by atoms with van der Waals surface area (Å²) in [5.41, 5.74) is 6.71. The third-order valence-electron chi connectivity index (χ3n) is 5.45. The number of carbonyl (C=O) groups excluding carboxylic acids is 3. The van der Waals surface area contributed by atoms with Gasteiger partial charge < -0.3 is 26.8 Å². The lowest BCUT2D eigenvalue weighted by atomic mass is 10.0. The Balaban J connectivity index is 1.71. The van der Waals surface area contributed by atoms with Crippen molar-refractivity contribution in [3.05, 3.63) is 83.9 Å². The Labute approximate surface area is 198 Å². The smallest absolute Gasteiger partial charge is 0.251 e. The van der Waals surface area contributed by atoms with Gasteiger partial charge in [-0.1, -0.05) is 60.7 Å². The van der Waals surface area contributed by atoms with Crippen molar-refractivity contribution in [2.75, 3.05) is 13.1 Å². The van der Waals surface area contributed by atoms with E-state index in [2.05, 4.69) is 16.0 Å². The standard InChI is InChI=1S/C26H30N4O4/c1-17(29-25(33)20-8-3-2-4-9-20)24(32)30-23(26(34)28-16-22(31)15-27)14-18-11-12-19-7-5-6-10-21(19)13-18/h2-13,17,22-23,31H,14-16,27H2,1H3,(H,28,34)(H,29,33)(H,30,32)/t17-,22?,23?/m0/s1. The number of rotatable bonds is 10. The maximum atomic E-state index is 12.9. The molecule has 2 unspecified atom stereocenters. The summed E-state index contributed by atoms with van der Waals surface area (Å²) in [5, 5.41) is 19.8. The van der Waals surface area contributed by atoms with Gasteiger partial charge in [-0.2, -0.15) is 0 Å². The molecule has 6 N–H and O–H groups in total. The average molecular weight is 463 g/mol. The quantitative estimate of drug-likeness (QED) is 0.308. The van der Waals surface area contributed by atoms with Gasteiger partial charge in [-0.05, 0) is 35.4 Å². The molecule has 8 heteroatoms. The Kier molecular flexibility index (Phi) is 8.73. The normalized spacial score (nSPS) is 13.5. The molecule has 0 saturated carbocycles. The zero-order chi connectivity index (χ0) is 24.5. The first-order valence-electron chi connectivity index (χ1n) is 11.2. The highest BCUT2D eigenvalue weighted by Crippen LogP contribution is 2.17. The van der Waals surface area contributed by atoms with Gasteiger partial charge in [0, 0.05) is 25.1 Å². The van der Waals surface area contributed by atoms with E-state index < -0.39 is 30.0 Å². The van der Waals surface area contributed by atoms with Crippen molar-refractivity contribution < 1.29 is 19.5 Å². The van der Waals surface area contributed by atoms with E-state index >= 15 is 0 Å². The Hall–Kier alpha value is -3.75. The number of carbonyl (C=O) groups is 3. The molecule has 3 rings (SSSR count). The first-order valence-corrected chi connectivity index (χ1v) is 11.2. The minimum atomic E-state index is -0.908. The molecule has 0 saturated heterocycles. The van der Waals surface area contributed by atoms with E-state index in [1.807, 2.05) is 42.5 Å². The molecule has 178 valence electrons. The van der Waals surface area contributed by atoms with Crippen LogP contribution in [0.5, 0.6) is 0 Å². The molecule has 8 nitrogen and oxygen atoms in total. The fraction of sp³-hybridized carbons (Fsp3) is 0.269. The van der Waals surface area contributed by atoms with E-state index in [0.29, 0.717) is 5.56 Å². The second-order valence-electron chi connectivity index (χ2n) is 8.14. The molecule has 3 aromatic carbocycles. The Bertz CT molecular complexity index is 1140. The van der Waals surface area contributed by atoms with E-state index in [4.69, 9.17) is 5.73 Å². The molecule has 0 fully saturated rings. The van der Waals surface area contributed by atoms with Gasteiger partial charge in [0.25, 0.3) is 5.91 Å². The molecular weight excluding hydrogens is 432 g/mol. The molecule has 34 heavy (non-hydrogen) atoms. The number of amides is 3. The summed E-state index contributed by atoms with van der Waals surface area (Å²) in [6.07, 6.45) is -0.648. The zero-order valence-corrected chi connectivity index (χ0v) is 19.0. The van der Waals surface area contributed by atoms with Gasteiger partial charge >= 0.3 is 0 Å². The lowest BCUT2D eigenvalue weighted by Crippen LogP contribution is -2.54. The maximum Gasteiger partial charge on any atom is 0.251 e. The van der Waals surface area contributed by atoms with Crippen molar-refractivity contribution in [1.82, 2.24) is 16.0 Å². The zero-order valence-electron chi connectivity index (χ0n) is 19.0. The van der Waals surface area contributed by atoms with Crippen molar-refractivity contribution in [2.24, 2.45) is 5.73 Å². The third kappa shape index (κ3) is 6.87. The van der Waals surface area contributed by atoms with Crippen molar-refractivity contribution in [1.29, 1.82) is 0 Å². The van der Waals surface area contributed by atoms with Gasteiger partial charge in [-0.3, -0.25) is 14.4 Å². The monoisotopic (exact) mass is 462 g/mol. The number of hydrogen-bond donors (Lipinski definition) is 5. The average Bonchev–Trinajstić information content (AvgIpc) is 2.86. The van der Waals surface area contributed by atoms with Crippen molar-refractivity contribution >= 4 is 28.5 Å². The molecule has 0 heterocycles. The molecule has 3 atom stereocenters. The minimum Gasteiger partial charge on any atom is -0.390 e. The maximum absolute atomic E-state index is 12.9. The summed E-state index contributed by atoms with van der Waals surface area (Å²) < 4.78 is 0. The largest absolute Gasteiger partial charge is 0.390 e. The number of nitrogens with one attached hydrogen (secondary N) is 3. The predicted octanol–water partition coefficient (Wildman–Crippen LogP) is 1.12. The lowest BCUT2D eigenvalue weighted by molar-refractivity contribution is -0.129. The first-order chi connectivity index (χ1) is 16.4. The highest BCUT2D eigenvalue weighted by atomic mass is 16.3. The topological polar surface area (TPSA) is 134 Å². The number of benzene rings is 3. The fourth-order valence-corrected chi connectivity index (χ4v) is 3.47. The van der Waals surface area contributed by atoms with Gasteiger partial charge in [-0.15, -0.1) is 0 Å². The highest BCUT2D eigenvalue weighted by molar-refractivity contribution is 5.98. The molecule has 0 spiro atoms. The number of fused-ring (bicyclic) bond motifs is 1. The molecule has 3 aromatic rings. The van der Waals surface area contributed by atoms with Crippen LogP contribution in [0, 0.1) is 0 Å². The summed E-state index contributed by atoms with van der Waals surface area (Å²) in [4.78, 5) is 38.1. The first kappa shape index (κ1) is 24.9. The van der Waals surface area contributed by atoms with E-state index in [-0.39, 0.29) is 25.4 Å².